The molecule has 1 atom stereocenters. The van der Waals surface area contributed by atoms with Gasteiger partial charge in [-0.3, -0.25) is 4.79 Å². The van der Waals surface area contributed by atoms with Crippen molar-refractivity contribution >= 4 is 32.7 Å². The molecule has 0 unspecified atom stereocenters. The van der Waals surface area contributed by atoms with Crippen LogP contribution in [-0.2, 0) is 14.8 Å². The first-order valence-corrected chi connectivity index (χ1v) is 11.8. The molecule has 1 amide bonds. The molecule has 0 radical (unpaired) electrons. The number of benzene rings is 2. The summed E-state index contributed by atoms with van der Waals surface area (Å²) in [5.41, 5.74) is 1.71. The van der Waals surface area contributed by atoms with Crippen molar-refractivity contribution in [1.29, 1.82) is 0 Å². The van der Waals surface area contributed by atoms with Crippen molar-refractivity contribution in [3.05, 3.63) is 42.3 Å². The number of carbonyl (C=O) groups excluding carboxylic acids is 1. The van der Waals surface area contributed by atoms with Crippen molar-refractivity contribution in [1.82, 2.24) is 9.71 Å². The van der Waals surface area contributed by atoms with Gasteiger partial charge in [-0.15, -0.1) is 0 Å². The highest BCUT2D eigenvalue weighted by Gasteiger charge is 2.29. The van der Waals surface area contributed by atoms with Crippen LogP contribution in [0.15, 0.2) is 45.7 Å². The summed E-state index contributed by atoms with van der Waals surface area (Å²) in [6.45, 7) is 6.22. The summed E-state index contributed by atoms with van der Waals surface area (Å²) in [5.74, 6) is 0.609. The summed E-state index contributed by atoms with van der Waals surface area (Å²) in [5, 5.41) is 2.76. The van der Waals surface area contributed by atoms with Crippen LogP contribution in [-0.4, -0.2) is 38.6 Å². The molecule has 0 saturated carbocycles. The molecule has 170 valence electrons. The predicted octanol–water partition coefficient (Wildman–Crippen LogP) is 3.24. The molecule has 1 aliphatic rings. The quantitative estimate of drug-likeness (QED) is 0.581. The monoisotopic (exact) mass is 459 g/mol. The number of nitrogens with zero attached hydrogens (tertiary/aromatic N) is 1. The van der Waals surface area contributed by atoms with E-state index in [1.54, 1.807) is 45.0 Å². The molecule has 9 nitrogen and oxygen atoms in total. The Labute approximate surface area is 186 Å². The second-order valence-electron chi connectivity index (χ2n) is 7.91. The number of anilines is 1. The number of amides is 1. The van der Waals surface area contributed by atoms with Crippen LogP contribution in [0.25, 0.3) is 11.1 Å². The minimum Gasteiger partial charge on any atom is -0.490 e. The molecule has 0 saturated heterocycles. The molecule has 3 aromatic rings. The van der Waals surface area contributed by atoms with Gasteiger partial charge in [0.15, 0.2) is 23.0 Å². The van der Waals surface area contributed by atoms with Gasteiger partial charge in [0.1, 0.15) is 11.6 Å². The van der Waals surface area contributed by atoms with Gasteiger partial charge in [0, 0.05) is 25.1 Å². The molecule has 2 aromatic carbocycles. The molecule has 0 bridgehead atoms. The van der Waals surface area contributed by atoms with E-state index in [1.807, 2.05) is 0 Å². The Morgan fingerprint density at radius 1 is 1.06 bits per heavy atom. The summed E-state index contributed by atoms with van der Waals surface area (Å²) in [6.07, 6.45) is 0.713. The van der Waals surface area contributed by atoms with Crippen molar-refractivity contribution < 1.29 is 27.1 Å². The first-order valence-electron chi connectivity index (χ1n) is 10.3. The number of nitrogens with one attached hydrogen (secondary N) is 2. The molecule has 32 heavy (non-hydrogen) atoms. The van der Waals surface area contributed by atoms with Crippen molar-refractivity contribution in [2.75, 3.05) is 18.5 Å². The lowest BCUT2D eigenvalue weighted by atomic mass is 10.0. The van der Waals surface area contributed by atoms with Crippen molar-refractivity contribution in [3.8, 4) is 11.5 Å². The number of rotatable bonds is 6. The molecule has 10 heteroatoms. The topological polar surface area (TPSA) is 120 Å². The van der Waals surface area contributed by atoms with Crippen molar-refractivity contribution in [2.45, 2.75) is 38.1 Å². The number of fused-ring (bicyclic) bond motifs is 2. The minimum absolute atomic E-state index is 0.000285. The lowest BCUT2D eigenvalue weighted by Gasteiger charge is -2.22. The Morgan fingerprint density at radius 2 is 1.81 bits per heavy atom. The highest BCUT2D eigenvalue weighted by molar-refractivity contribution is 7.89. The predicted molar refractivity (Wildman–Crippen MR) is 118 cm³/mol. The van der Waals surface area contributed by atoms with Crippen LogP contribution >= 0.6 is 0 Å². The molecule has 1 aliphatic heterocycles. The molecule has 1 aromatic heterocycles. The fraction of sp³-hybridized carbons (Fsp3) is 0.364. The molecule has 4 rings (SSSR count). The van der Waals surface area contributed by atoms with E-state index in [0.29, 0.717) is 53.8 Å². The van der Waals surface area contributed by atoms with E-state index in [4.69, 9.17) is 13.9 Å². The smallest absolute Gasteiger partial charge is 0.242 e. The van der Waals surface area contributed by atoms with Crippen molar-refractivity contribution in [3.63, 3.8) is 0 Å². The van der Waals surface area contributed by atoms with E-state index in [0.717, 1.165) is 0 Å². The Balaban J connectivity index is 1.54. The Bertz CT molecular complexity index is 1250. The van der Waals surface area contributed by atoms with Gasteiger partial charge in [-0.2, -0.15) is 4.72 Å². The Morgan fingerprint density at radius 3 is 2.56 bits per heavy atom. The third-order valence-corrected chi connectivity index (χ3v) is 6.46. The highest BCUT2D eigenvalue weighted by Crippen LogP contribution is 2.32. The summed E-state index contributed by atoms with van der Waals surface area (Å²) in [6, 6.07) is 8.49. The van der Waals surface area contributed by atoms with Gasteiger partial charge in [-0.25, -0.2) is 13.4 Å². The number of ether oxygens (including phenoxy) is 2. The number of aromatic nitrogens is 1. The molecular formula is C22H25N3O6S. The lowest BCUT2D eigenvalue weighted by Crippen LogP contribution is -2.47. The average molecular weight is 460 g/mol. The van der Waals surface area contributed by atoms with Gasteiger partial charge in [-0.1, -0.05) is 13.8 Å². The second-order valence-corrected chi connectivity index (χ2v) is 9.62. The fourth-order valence-electron chi connectivity index (χ4n) is 3.38. The maximum atomic E-state index is 13.0. The van der Waals surface area contributed by atoms with Gasteiger partial charge in [-0.05, 0) is 36.2 Å². The standard InChI is InChI=1S/C22H25N3O6S/c1-13(2)21(22(26)24-15-5-7-18-17(11-15)23-14(3)31-18)25-32(27,28)16-6-8-19-20(12-16)30-10-4-9-29-19/h5-8,11-13,21,25H,4,9-10H2,1-3H3,(H,24,26)/t21-/m0/s1. The maximum Gasteiger partial charge on any atom is 0.242 e. The van der Waals surface area contributed by atoms with Crippen LogP contribution in [0, 0.1) is 12.8 Å². The van der Waals surface area contributed by atoms with E-state index in [2.05, 4.69) is 15.0 Å². The van der Waals surface area contributed by atoms with Crippen LogP contribution < -0.4 is 19.5 Å². The molecule has 2 N–H and O–H groups in total. The maximum absolute atomic E-state index is 13.0. The summed E-state index contributed by atoms with van der Waals surface area (Å²) in [7, 11) is -3.99. The second kappa shape index (κ2) is 8.79. The fourth-order valence-corrected chi connectivity index (χ4v) is 4.74. The van der Waals surface area contributed by atoms with E-state index >= 15 is 0 Å². The third kappa shape index (κ3) is 4.71. The molecule has 2 heterocycles. The lowest BCUT2D eigenvalue weighted by molar-refractivity contribution is -0.118. The van der Waals surface area contributed by atoms with E-state index < -0.39 is 22.0 Å². The van der Waals surface area contributed by atoms with Gasteiger partial charge in [0.25, 0.3) is 0 Å². The van der Waals surface area contributed by atoms with Crippen LogP contribution in [0.3, 0.4) is 0 Å². The number of carbonyl (C=O) groups is 1. The summed E-state index contributed by atoms with van der Waals surface area (Å²) in [4.78, 5) is 17.2. The third-order valence-electron chi connectivity index (χ3n) is 5.02. The van der Waals surface area contributed by atoms with E-state index in [9.17, 15) is 13.2 Å². The zero-order valence-electron chi connectivity index (χ0n) is 18.0. The zero-order chi connectivity index (χ0) is 22.9. The highest BCUT2D eigenvalue weighted by atomic mass is 32.2. The minimum atomic E-state index is -3.99. The number of hydrogen-bond donors (Lipinski definition) is 2. The average Bonchev–Trinajstić information content (AvgIpc) is 2.95. The molecule has 0 spiro atoms. The summed E-state index contributed by atoms with van der Waals surface area (Å²) < 4.78 is 45.2. The Kier molecular flexibility index (Phi) is 6.07. The molecule has 0 aliphatic carbocycles. The Hall–Kier alpha value is -3.11. The van der Waals surface area contributed by atoms with Crippen LogP contribution in [0.1, 0.15) is 26.2 Å². The van der Waals surface area contributed by atoms with Gasteiger partial charge < -0.3 is 19.2 Å². The van der Waals surface area contributed by atoms with Crippen molar-refractivity contribution in [2.24, 2.45) is 5.92 Å². The van der Waals surface area contributed by atoms with Crippen LogP contribution in [0.2, 0.25) is 0 Å². The molecular weight excluding hydrogens is 434 g/mol. The first-order chi connectivity index (χ1) is 15.2. The zero-order valence-corrected chi connectivity index (χ0v) is 18.9. The van der Waals surface area contributed by atoms with Gasteiger partial charge in [0.2, 0.25) is 15.9 Å². The largest absolute Gasteiger partial charge is 0.490 e. The first kappa shape index (κ1) is 22.1. The van der Waals surface area contributed by atoms with Gasteiger partial charge in [0.05, 0.1) is 18.1 Å². The van der Waals surface area contributed by atoms with Gasteiger partial charge >= 0.3 is 0 Å². The van der Waals surface area contributed by atoms with E-state index in [-0.39, 0.29) is 10.8 Å². The number of sulfonamides is 1. The number of aryl methyl sites for hydroxylation is 1. The summed E-state index contributed by atoms with van der Waals surface area (Å²) >= 11 is 0. The van der Waals surface area contributed by atoms with Crippen LogP contribution in [0.5, 0.6) is 11.5 Å². The number of oxazole rings is 1. The van der Waals surface area contributed by atoms with E-state index in [1.165, 1.54) is 12.1 Å². The number of hydrogen-bond acceptors (Lipinski definition) is 7. The van der Waals surface area contributed by atoms with Crippen LogP contribution in [0.4, 0.5) is 5.69 Å². The normalized spacial score (nSPS) is 14.9. The SMILES string of the molecule is Cc1nc2cc(NC(=O)[C@@H](NS(=O)(=O)c3ccc4c(c3)OCCCO4)C(C)C)ccc2o1. The molecule has 0 fully saturated rings.